The zero-order valence-electron chi connectivity index (χ0n) is 9.51. The second kappa shape index (κ2) is 5.52. The third kappa shape index (κ3) is 2.95. The SMILES string of the molecule is COc1cc(C(C)CCN)cc(Br)c1C. The quantitative estimate of drug-likeness (QED) is 0.913. The Kier molecular flexibility index (Phi) is 4.61. The predicted octanol–water partition coefficient (Wildman–Crippen LogP) is 3.22. The van der Waals surface area contributed by atoms with Gasteiger partial charge in [-0.25, -0.2) is 0 Å². The van der Waals surface area contributed by atoms with E-state index in [1.54, 1.807) is 7.11 Å². The molecule has 0 bridgehead atoms. The average Bonchev–Trinajstić information content (AvgIpc) is 2.22. The molecule has 0 heterocycles. The maximum absolute atomic E-state index is 5.56. The molecule has 1 rings (SSSR count). The normalized spacial score (nSPS) is 12.6. The molecule has 1 unspecified atom stereocenters. The molecule has 2 N–H and O–H groups in total. The maximum atomic E-state index is 5.56. The Hall–Kier alpha value is -0.540. The second-order valence-corrected chi connectivity index (χ2v) is 4.66. The third-order valence-electron chi connectivity index (χ3n) is 2.71. The molecule has 15 heavy (non-hydrogen) atoms. The van der Waals surface area contributed by atoms with Gasteiger partial charge in [0, 0.05) is 10.0 Å². The molecule has 84 valence electrons. The number of halogens is 1. The number of hydrogen-bond acceptors (Lipinski definition) is 2. The molecule has 0 aliphatic rings. The fraction of sp³-hybridized carbons (Fsp3) is 0.500. The van der Waals surface area contributed by atoms with E-state index in [-0.39, 0.29) is 0 Å². The molecule has 0 aliphatic heterocycles. The van der Waals surface area contributed by atoms with Crippen LogP contribution in [0.1, 0.15) is 30.4 Å². The summed E-state index contributed by atoms with van der Waals surface area (Å²) in [6.07, 6.45) is 0.999. The minimum atomic E-state index is 0.473. The summed E-state index contributed by atoms with van der Waals surface area (Å²) < 4.78 is 6.43. The first-order chi connectivity index (χ1) is 7.10. The molecule has 1 aromatic carbocycles. The Morgan fingerprint density at radius 1 is 1.47 bits per heavy atom. The van der Waals surface area contributed by atoms with Gasteiger partial charge in [0.05, 0.1) is 7.11 Å². The van der Waals surface area contributed by atoms with Crippen molar-refractivity contribution in [3.63, 3.8) is 0 Å². The van der Waals surface area contributed by atoms with Crippen LogP contribution in [0.2, 0.25) is 0 Å². The predicted molar refractivity (Wildman–Crippen MR) is 67.5 cm³/mol. The van der Waals surface area contributed by atoms with Gasteiger partial charge in [-0.05, 0) is 43.5 Å². The third-order valence-corrected chi connectivity index (χ3v) is 3.53. The fourth-order valence-corrected chi connectivity index (χ4v) is 2.05. The minimum Gasteiger partial charge on any atom is -0.496 e. The van der Waals surface area contributed by atoms with Gasteiger partial charge >= 0.3 is 0 Å². The first-order valence-electron chi connectivity index (χ1n) is 5.14. The largest absolute Gasteiger partial charge is 0.496 e. The molecule has 1 aromatic rings. The molecule has 0 amide bonds. The summed E-state index contributed by atoms with van der Waals surface area (Å²) in [5, 5.41) is 0. The Morgan fingerprint density at radius 2 is 2.13 bits per heavy atom. The molecule has 0 saturated carbocycles. The van der Waals surface area contributed by atoms with Crippen LogP contribution in [0, 0.1) is 6.92 Å². The number of hydrogen-bond donors (Lipinski definition) is 1. The lowest BCUT2D eigenvalue weighted by atomic mass is 9.96. The van der Waals surface area contributed by atoms with E-state index in [4.69, 9.17) is 10.5 Å². The lowest BCUT2D eigenvalue weighted by molar-refractivity contribution is 0.410. The highest BCUT2D eigenvalue weighted by molar-refractivity contribution is 9.10. The van der Waals surface area contributed by atoms with Gasteiger partial charge in [-0.3, -0.25) is 0 Å². The van der Waals surface area contributed by atoms with Crippen molar-refractivity contribution < 1.29 is 4.74 Å². The van der Waals surface area contributed by atoms with E-state index in [1.165, 1.54) is 5.56 Å². The van der Waals surface area contributed by atoms with E-state index in [0.717, 1.165) is 28.8 Å². The van der Waals surface area contributed by atoms with Gasteiger partial charge in [0.15, 0.2) is 0 Å². The van der Waals surface area contributed by atoms with Gasteiger partial charge in [-0.1, -0.05) is 22.9 Å². The maximum Gasteiger partial charge on any atom is 0.123 e. The second-order valence-electron chi connectivity index (χ2n) is 3.81. The minimum absolute atomic E-state index is 0.473. The van der Waals surface area contributed by atoms with Crippen molar-refractivity contribution in [1.29, 1.82) is 0 Å². The highest BCUT2D eigenvalue weighted by atomic mass is 79.9. The topological polar surface area (TPSA) is 35.2 Å². The van der Waals surface area contributed by atoms with Crippen LogP contribution in [-0.4, -0.2) is 13.7 Å². The van der Waals surface area contributed by atoms with Crippen LogP contribution < -0.4 is 10.5 Å². The Morgan fingerprint density at radius 3 is 2.67 bits per heavy atom. The summed E-state index contributed by atoms with van der Waals surface area (Å²) in [4.78, 5) is 0. The number of rotatable bonds is 4. The van der Waals surface area contributed by atoms with Crippen molar-refractivity contribution in [2.75, 3.05) is 13.7 Å². The molecule has 0 spiro atoms. The first kappa shape index (κ1) is 12.5. The molecule has 2 nitrogen and oxygen atoms in total. The van der Waals surface area contributed by atoms with Gasteiger partial charge in [0.25, 0.3) is 0 Å². The summed E-state index contributed by atoms with van der Waals surface area (Å²) >= 11 is 3.55. The number of nitrogens with two attached hydrogens (primary N) is 1. The number of benzene rings is 1. The lowest BCUT2D eigenvalue weighted by Gasteiger charge is -2.14. The molecule has 0 radical (unpaired) electrons. The van der Waals surface area contributed by atoms with Crippen molar-refractivity contribution in [3.8, 4) is 5.75 Å². The molecule has 1 atom stereocenters. The van der Waals surface area contributed by atoms with E-state index >= 15 is 0 Å². The van der Waals surface area contributed by atoms with Gasteiger partial charge < -0.3 is 10.5 Å². The number of methoxy groups -OCH3 is 1. The van der Waals surface area contributed by atoms with E-state index in [2.05, 4.69) is 35.0 Å². The van der Waals surface area contributed by atoms with E-state index in [9.17, 15) is 0 Å². The smallest absolute Gasteiger partial charge is 0.123 e. The fourth-order valence-electron chi connectivity index (χ4n) is 1.59. The van der Waals surface area contributed by atoms with E-state index in [1.807, 2.05) is 6.92 Å². The summed E-state index contributed by atoms with van der Waals surface area (Å²) in [7, 11) is 1.70. The van der Waals surface area contributed by atoms with E-state index < -0.39 is 0 Å². The molecule has 0 saturated heterocycles. The Bertz CT molecular complexity index is 339. The van der Waals surface area contributed by atoms with Crippen LogP contribution in [-0.2, 0) is 0 Å². The van der Waals surface area contributed by atoms with Gasteiger partial charge in [-0.15, -0.1) is 0 Å². The summed E-state index contributed by atoms with van der Waals surface area (Å²) in [5.74, 6) is 1.41. The monoisotopic (exact) mass is 271 g/mol. The van der Waals surface area contributed by atoms with Crippen molar-refractivity contribution in [1.82, 2.24) is 0 Å². The zero-order valence-corrected chi connectivity index (χ0v) is 11.1. The molecule has 0 fully saturated rings. The first-order valence-corrected chi connectivity index (χ1v) is 5.93. The van der Waals surface area contributed by atoms with Crippen LogP contribution in [0.15, 0.2) is 16.6 Å². The van der Waals surface area contributed by atoms with Gasteiger partial charge in [0.2, 0.25) is 0 Å². The highest BCUT2D eigenvalue weighted by Crippen LogP contribution is 2.31. The molecular weight excluding hydrogens is 254 g/mol. The Balaban J connectivity index is 3.05. The molecule has 0 aromatic heterocycles. The Labute approximate surface area is 99.9 Å². The standard InChI is InChI=1S/C12H18BrNO/c1-8(4-5-14)10-6-11(13)9(2)12(7-10)15-3/h6-8H,4-5,14H2,1-3H3. The van der Waals surface area contributed by atoms with Crippen molar-refractivity contribution in [2.24, 2.45) is 5.73 Å². The van der Waals surface area contributed by atoms with Crippen LogP contribution in [0.3, 0.4) is 0 Å². The highest BCUT2D eigenvalue weighted by Gasteiger charge is 2.10. The molecular formula is C12H18BrNO. The van der Waals surface area contributed by atoms with Crippen molar-refractivity contribution in [3.05, 3.63) is 27.7 Å². The summed E-state index contributed by atoms with van der Waals surface area (Å²) in [6, 6.07) is 4.25. The molecule has 0 aliphatic carbocycles. The lowest BCUT2D eigenvalue weighted by Crippen LogP contribution is -2.05. The van der Waals surface area contributed by atoms with Gasteiger partial charge in [0.1, 0.15) is 5.75 Å². The van der Waals surface area contributed by atoms with Crippen LogP contribution in [0.25, 0.3) is 0 Å². The summed E-state index contributed by atoms with van der Waals surface area (Å²) in [6.45, 7) is 4.94. The average molecular weight is 272 g/mol. The van der Waals surface area contributed by atoms with Crippen LogP contribution in [0.5, 0.6) is 5.75 Å². The van der Waals surface area contributed by atoms with Crippen LogP contribution >= 0.6 is 15.9 Å². The summed E-state index contributed by atoms with van der Waals surface area (Å²) in [5.41, 5.74) is 7.98. The zero-order chi connectivity index (χ0) is 11.4. The van der Waals surface area contributed by atoms with Crippen LogP contribution in [0.4, 0.5) is 0 Å². The van der Waals surface area contributed by atoms with Crippen molar-refractivity contribution >= 4 is 15.9 Å². The number of ether oxygens (including phenoxy) is 1. The molecule has 3 heteroatoms. The van der Waals surface area contributed by atoms with Gasteiger partial charge in [-0.2, -0.15) is 0 Å². The van der Waals surface area contributed by atoms with Crippen molar-refractivity contribution in [2.45, 2.75) is 26.2 Å². The van der Waals surface area contributed by atoms with E-state index in [0.29, 0.717) is 5.92 Å².